The standard InChI is InChI=1S/C24H23Cl2F3N2O3S/c25-16-8-15(9-17(26)10-16)23(24(27,28)29)11-20(30-34-23)31(18-5-3-7-33-12-18)22(32)21-19-6-2-1-4-14(19)13-35-21/h8-10,13,18H,1-7,11-12H2. The first-order chi connectivity index (χ1) is 16.7. The fourth-order valence-corrected chi connectivity index (χ4v) is 6.65. The monoisotopic (exact) mass is 546 g/mol. The Morgan fingerprint density at radius 2 is 1.89 bits per heavy atom. The molecule has 2 aromatic rings. The lowest BCUT2D eigenvalue weighted by molar-refractivity contribution is -0.275. The fourth-order valence-electron chi connectivity index (χ4n) is 5.03. The summed E-state index contributed by atoms with van der Waals surface area (Å²) in [4.78, 5) is 21.0. The zero-order chi connectivity index (χ0) is 24.8. The van der Waals surface area contributed by atoms with Gasteiger partial charge >= 0.3 is 6.18 Å². The normalized spacial score (nSPS) is 24.5. The first-order valence-corrected chi connectivity index (χ1v) is 13.1. The summed E-state index contributed by atoms with van der Waals surface area (Å²) in [6, 6.07) is 3.25. The van der Waals surface area contributed by atoms with Crippen molar-refractivity contribution in [1.82, 2.24) is 4.90 Å². The number of rotatable bonds is 3. The van der Waals surface area contributed by atoms with Gasteiger partial charge < -0.3 is 9.57 Å². The summed E-state index contributed by atoms with van der Waals surface area (Å²) in [6.45, 7) is 0.768. The molecule has 0 spiro atoms. The van der Waals surface area contributed by atoms with Gasteiger partial charge in [-0.15, -0.1) is 11.3 Å². The Bertz CT molecular complexity index is 1140. The highest BCUT2D eigenvalue weighted by molar-refractivity contribution is 7.12. The minimum atomic E-state index is -4.84. The van der Waals surface area contributed by atoms with Crippen molar-refractivity contribution in [2.45, 2.75) is 62.8 Å². The van der Waals surface area contributed by atoms with E-state index in [-0.39, 0.29) is 34.0 Å². The van der Waals surface area contributed by atoms with Gasteiger partial charge in [0.25, 0.3) is 11.5 Å². The largest absolute Gasteiger partial charge is 0.435 e. The number of amidine groups is 1. The number of oxime groups is 1. The summed E-state index contributed by atoms with van der Waals surface area (Å²) >= 11 is 13.4. The molecule has 0 radical (unpaired) electrons. The maximum Gasteiger partial charge on any atom is 0.435 e. The molecule has 1 aromatic heterocycles. The van der Waals surface area contributed by atoms with Gasteiger partial charge in [-0.1, -0.05) is 28.4 Å². The van der Waals surface area contributed by atoms with Crippen LogP contribution in [-0.2, 0) is 28.0 Å². The number of hydrogen-bond acceptors (Lipinski definition) is 5. The average molecular weight is 547 g/mol. The third-order valence-corrected chi connectivity index (χ3v) is 8.29. The Labute approximate surface area is 214 Å². The van der Waals surface area contributed by atoms with Gasteiger partial charge in [0.05, 0.1) is 23.9 Å². The predicted octanol–water partition coefficient (Wildman–Crippen LogP) is 6.75. The fraction of sp³-hybridized carbons (Fsp3) is 0.500. The van der Waals surface area contributed by atoms with E-state index in [1.165, 1.54) is 34.4 Å². The van der Waals surface area contributed by atoms with E-state index >= 15 is 0 Å². The highest BCUT2D eigenvalue weighted by Crippen LogP contribution is 2.50. The Morgan fingerprint density at radius 1 is 1.14 bits per heavy atom. The third kappa shape index (κ3) is 4.56. The van der Waals surface area contributed by atoms with Crippen molar-refractivity contribution in [2.75, 3.05) is 13.2 Å². The Balaban J connectivity index is 1.53. The lowest BCUT2D eigenvalue weighted by Crippen LogP contribution is -2.50. The lowest BCUT2D eigenvalue weighted by Gasteiger charge is -2.35. The van der Waals surface area contributed by atoms with E-state index in [2.05, 4.69) is 5.16 Å². The molecule has 188 valence electrons. The van der Waals surface area contributed by atoms with Gasteiger partial charge in [0.15, 0.2) is 5.84 Å². The van der Waals surface area contributed by atoms with E-state index in [9.17, 15) is 18.0 Å². The van der Waals surface area contributed by atoms with E-state index in [1.54, 1.807) is 0 Å². The molecule has 2 unspecified atom stereocenters. The SMILES string of the molecule is O=C(c1scc2c1CCCC2)N(C1=NOC(c2cc(Cl)cc(Cl)c2)(C(F)(F)F)C1)C1CCCOC1. The van der Waals surface area contributed by atoms with Crippen LogP contribution >= 0.6 is 34.5 Å². The molecule has 1 amide bonds. The summed E-state index contributed by atoms with van der Waals surface area (Å²) in [7, 11) is 0. The molecule has 1 saturated heterocycles. The van der Waals surface area contributed by atoms with Crippen molar-refractivity contribution >= 4 is 46.3 Å². The molecule has 0 saturated carbocycles. The van der Waals surface area contributed by atoms with Crippen LogP contribution in [0.1, 0.15) is 58.5 Å². The predicted molar refractivity (Wildman–Crippen MR) is 128 cm³/mol. The van der Waals surface area contributed by atoms with Gasteiger partial charge in [-0.2, -0.15) is 13.2 Å². The van der Waals surface area contributed by atoms with Crippen molar-refractivity contribution in [3.8, 4) is 0 Å². The summed E-state index contributed by atoms with van der Waals surface area (Å²) in [5.41, 5.74) is -0.926. The van der Waals surface area contributed by atoms with Gasteiger partial charge in [-0.3, -0.25) is 9.69 Å². The summed E-state index contributed by atoms with van der Waals surface area (Å²) in [5, 5.41) is 5.96. The topological polar surface area (TPSA) is 51.1 Å². The van der Waals surface area contributed by atoms with Crippen LogP contribution in [0.4, 0.5) is 13.2 Å². The molecule has 1 aliphatic carbocycles. The van der Waals surface area contributed by atoms with Crippen LogP contribution in [0.5, 0.6) is 0 Å². The van der Waals surface area contributed by atoms with Gasteiger partial charge in [0.1, 0.15) is 0 Å². The van der Waals surface area contributed by atoms with Gasteiger partial charge in [-0.25, -0.2) is 0 Å². The molecule has 0 bridgehead atoms. The van der Waals surface area contributed by atoms with Crippen LogP contribution < -0.4 is 0 Å². The number of hydrogen-bond donors (Lipinski definition) is 0. The van der Waals surface area contributed by atoms with Crippen molar-refractivity contribution < 1.29 is 27.5 Å². The molecule has 5 nitrogen and oxygen atoms in total. The molecule has 1 fully saturated rings. The van der Waals surface area contributed by atoms with Crippen molar-refractivity contribution in [3.63, 3.8) is 0 Å². The molecular formula is C24H23Cl2F3N2O3S. The number of thiophene rings is 1. The average Bonchev–Trinajstić information content (AvgIpc) is 3.45. The lowest BCUT2D eigenvalue weighted by atomic mass is 9.88. The maximum atomic E-state index is 14.5. The molecule has 2 atom stereocenters. The number of halogens is 5. The number of amides is 1. The van der Waals surface area contributed by atoms with Crippen LogP contribution in [0.3, 0.4) is 0 Å². The zero-order valence-electron chi connectivity index (χ0n) is 18.7. The molecular weight excluding hydrogens is 524 g/mol. The second-order valence-corrected chi connectivity index (χ2v) is 10.8. The number of benzene rings is 1. The number of aryl methyl sites for hydroxylation is 1. The highest BCUT2D eigenvalue weighted by Gasteiger charge is 2.63. The van der Waals surface area contributed by atoms with E-state index in [0.717, 1.165) is 36.8 Å². The van der Waals surface area contributed by atoms with Crippen molar-refractivity contribution in [3.05, 3.63) is 55.2 Å². The first-order valence-electron chi connectivity index (χ1n) is 11.5. The van der Waals surface area contributed by atoms with Crippen LogP contribution in [0.15, 0.2) is 28.7 Å². The van der Waals surface area contributed by atoms with E-state index in [4.69, 9.17) is 32.8 Å². The minimum absolute atomic E-state index is 0.0481. The quantitative estimate of drug-likeness (QED) is 0.428. The minimum Gasteiger partial charge on any atom is -0.379 e. The molecule has 5 rings (SSSR count). The molecule has 2 aliphatic heterocycles. The van der Waals surface area contributed by atoms with Crippen molar-refractivity contribution in [2.24, 2.45) is 5.16 Å². The van der Waals surface area contributed by atoms with Gasteiger partial charge in [-0.05, 0) is 73.2 Å². The van der Waals surface area contributed by atoms with Crippen molar-refractivity contribution in [1.29, 1.82) is 0 Å². The second-order valence-electron chi connectivity index (χ2n) is 9.08. The smallest absolute Gasteiger partial charge is 0.379 e. The van der Waals surface area contributed by atoms with Crippen LogP contribution in [-0.4, -0.2) is 42.1 Å². The molecule has 11 heteroatoms. The maximum absolute atomic E-state index is 14.5. The number of ether oxygens (including phenoxy) is 1. The number of alkyl halides is 3. The Kier molecular flexibility index (Phi) is 6.80. The molecule has 35 heavy (non-hydrogen) atoms. The zero-order valence-corrected chi connectivity index (χ0v) is 21.0. The second kappa shape index (κ2) is 9.57. The van der Waals surface area contributed by atoms with Crippen LogP contribution in [0.25, 0.3) is 0 Å². The molecule has 3 heterocycles. The van der Waals surface area contributed by atoms with E-state index in [0.29, 0.717) is 24.3 Å². The summed E-state index contributed by atoms with van der Waals surface area (Å²) < 4.78 is 49.2. The van der Waals surface area contributed by atoms with E-state index in [1.807, 2.05) is 5.38 Å². The summed E-state index contributed by atoms with van der Waals surface area (Å²) in [5.74, 6) is -0.421. The first kappa shape index (κ1) is 24.9. The number of fused-ring (bicyclic) bond motifs is 1. The Hall–Kier alpha value is -1.81. The highest BCUT2D eigenvalue weighted by atomic mass is 35.5. The molecule has 0 N–H and O–H groups in total. The number of nitrogens with zero attached hydrogens (tertiary/aromatic N) is 2. The number of carbonyl (C=O) groups excluding carboxylic acids is 1. The number of carbonyl (C=O) groups is 1. The van der Waals surface area contributed by atoms with Crippen LogP contribution in [0.2, 0.25) is 10.0 Å². The summed E-state index contributed by atoms with van der Waals surface area (Å²) in [6.07, 6.45) is -0.496. The third-order valence-electron chi connectivity index (χ3n) is 6.80. The Morgan fingerprint density at radius 3 is 2.57 bits per heavy atom. The van der Waals surface area contributed by atoms with Gasteiger partial charge in [0.2, 0.25) is 0 Å². The van der Waals surface area contributed by atoms with E-state index < -0.39 is 24.2 Å². The molecule has 1 aromatic carbocycles. The van der Waals surface area contributed by atoms with Gasteiger partial charge in [0, 0.05) is 22.2 Å². The molecule has 3 aliphatic rings. The van der Waals surface area contributed by atoms with Crippen LogP contribution in [0, 0.1) is 0 Å².